The molecule has 22 heavy (non-hydrogen) atoms. The van der Waals surface area contributed by atoms with E-state index in [1.54, 1.807) is 24.3 Å². The first-order valence-electron chi connectivity index (χ1n) is 7.35. The summed E-state index contributed by atoms with van der Waals surface area (Å²) in [4.78, 5) is 11.6. The molecule has 2 aromatic carbocycles. The Balaban J connectivity index is 2.21. The minimum atomic E-state index is -0.817. The number of hydrogen-bond acceptors (Lipinski definition) is 1. The zero-order valence-corrected chi connectivity index (χ0v) is 13.9. The van der Waals surface area contributed by atoms with Crippen molar-refractivity contribution in [3.63, 3.8) is 0 Å². The number of benzene rings is 2. The number of halogens is 1. The summed E-state index contributed by atoms with van der Waals surface area (Å²) >= 11 is 5.87. The van der Waals surface area contributed by atoms with Gasteiger partial charge >= 0.3 is 5.97 Å². The summed E-state index contributed by atoms with van der Waals surface area (Å²) in [7, 11) is 0. The number of carboxylic acids is 1. The van der Waals surface area contributed by atoms with E-state index in [0.29, 0.717) is 11.4 Å². The average Bonchev–Trinajstić information content (AvgIpc) is 2.45. The van der Waals surface area contributed by atoms with Crippen molar-refractivity contribution in [3.8, 4) is 0 Å². The lowest BCUT2D eigenvalue weighted by atomic mass is 9.85. The van der Waals surface area contributed by atoms with Gasteiger partial charge in [-0.2, -0.15) is 0 Å². The van der Waals surface area contributed by atoms with Crippen LogP contribution in [0.5, 0.6) is 0 Å². The van der Waals surface area contributed by atoms with Crippen molar-refractivity contribution in [1.29, 1.82) is 0 Å². The Morgan fingerprint density at radius 3 is 2.05 bits per heavy atom. The van der Waals surface area contributed by atoms with Crippen molar-refractivity contribution < 1.29 is 9.90 Å². The Hall–Kier alpha value is -1.80. The standard InChI is InChI=1S/C19H21ClO2/c1-19(2,3)15-8-4-13(5-9-15)12-17(18(21)22)14-6-10-16(20)11-7-14/h4-11,17H,12H2,1-3H3,(H,21,22). The lowest BCUT2D eigenvalue weighted by molar-refractivity contribution is -0.138. The average molecular weight is 317 g/mol. The van der Waals surface area contributed by atoms with Gasteiger partial charge in [0.25, 0.3) is 0 Å². The highest BCUT2D eigenvalue weighted by Gasteiger charge is 2.21. The van der Waals surface area contributed by atoms with Gasteiger partial charge in [-0.15, -0.1) is 0 Å². The van der Waals surface area contributed by atoms with E-state index in [0.717, 1.165) is 11.1 Å². The highest BCUT2D eigenvalue weighted by atomic mass is 35.5. The topological polar surface area (TPSA) is 37.3 Å². The number of carboxylic acid groups (broad SMARTS) is 1. The predicted octanol–water partition coefficient (Wildman–Crippen LogP) is 5.05. The molecule has 0 aliphatic carbocycles. The minimum Gasteiger partial charge on any atom is -0.481 e. The van der Waals surface area contributed by atoms with Gasteiger partial charge in [-0.05, 0) is 40.7 Å². The van der Waals surface area contributed by atoms with Gasteiger partial charge in [-0.1, -0.05) is 68.8 Å². The molecule has 0 heterocycles. The van der Waals surface area contributed by atoms with Crippen LogP contribution in [0.15, 0.2) is 48.5 Å². The van der Waals surface area contributed by atoms with Gasteiger partial charge in [0.1, 0.15) is 0 Å². The lowest BCUT2D eigenvalue weighted by Crippen LogP contribution is -2.15. The maximum absolute atomic E-state index is 11.6. The molecule has 1 N–H and O–H groups in total. The van der Waals surface area contributed by atoms with Gasteiger partial charge in [0.2, 0.25) is 0 Å². The molecule has 0 amide bonds. The van der Waals surface area contributed by atoms with Crippen LogP contribution < -0.4 is 0 Å². The monoisotopic (exact) mass is 316 g/mol. The van der Waals surface area contributed by atoms with Crippen molar-refractivity contribution >= 4 is 17.6 Å². The van der Waals surface area contributed by atoms with Crippen molar-refractivity contribution in [1.82, 2.24) is 0 Å². The normalized spacial score (nSPS) is 12.9. The summed E-state index contributed by atoms with van der Waals surface area (Å²) in [5.41, 5.74) is 3.14. The third-order valence-electron chi connectivity index (χ3n) is 3.83. The molecule has 1 atom stereocenters. The molecule has 0 aliphatic heterocycles. The Morgan fingerprint density at radius 1 is 1.05 bits per heavy atom. The molecule has 2 rings (SSSR count). The molecular formula is C19H21ClO2. The molecule has 0 aliphatic rings. The number of carbonyl (C=O) groups is 1. The highest BCUT2D eigenvalue weighted by molar-refractivity contribution is 6.30. The van der Waals surface area contributed by atoms with Crippen molar-refractivity contribution in [2.45, 2.75) is 38.5 Å². The fourth-order valence-corrected chi connectivity index (χ4v) is 2.55. The first-order valence-corrected chi connectivity index (χ1v) is 7.73. The van der Waals surface area contributed by atoms with Gasteiger partial charge < -0.3 is 5.11 Å². The molecule has 0 fully saturated rings. The summed E-state index contributed by atoms with van der Waals surface area (Å²) in [6.07, 6.45) is 0.474. The molecule has 2 aromatic rings. The van der Waals surface area contributed by atoms with Crippen LogP contribution in [0.25, 0.3) is 0 Å². The molecule has 2 nitrogen and oxygen atoms in total. The van der Waals surface area contributed by atoms with Crippen LogP contribution in [0.3, 0.4) is 0 Å². The highest BCUT2D eigenvalue weighted by Crippen LogP contribution is 2.26. The van der Waals surface area contributed by atoms with Crippen LogP contribution >= 0.6 is 11.6 Å². The molecule has 3 heteroatoms. The van der Waals surface area contributed by atoms with Crippen LogP contribution in [-0.2, 0) is 16.6 Å². The van der Waals surface area contributed by atoms with E-state index in [2.05, 4.69) is 32.9 Å². The smallest absolute Gasteiger partial charge is 0.311 e. The summed E-state index contributed by atoms with van der Waals surface area (Å²) in [6, 6.07) is 15.2. The molecule has 116 valence electrons. The third-order valence-corrected chi connectivity index (χ3v) is 4.08. The zero-order valence-electron chi connectivity index (χ0n) is 13.1. The number of aliphatic carboxylic acids is 1. The first kappa shape index (κ1) is 16.6. The summed E-state index contributed by atoms with van der Waals surface area (Å²) < 4.78 is 0. The van der Waals surface area contributed by atoms with E-state index < -0.39 is 11.9 Å². The maximum Gasteiger partial charge on any atom is 0.311 e. The summed E-state index contributed by atoms with van der Waals surface area (Å²) in [5, 5.41) is 10.1. The van der Waals surface area contributed by atoms with E-state index in [1.165, 1.54) is 5.56 Å². The third kappa shape index (κ3) is 4.11. The molecular weight excluding hydrogens is 296 g/mol. The number of rotatable bonds is 4. The van der Waals surface area contributed by atoms with E-state index in [-0.39, 0.29) is 5.41 Å². The van der Waals surface area contributed by atoms with Crippen LogP contribution in [0, 0.1) is 0 Å². The van der Waals surface area contributed by atoms with Gasteiger partial charge in [0.15, 0.2) is 0 Å². The second kappa shape index (κ2) is 6.53. The fourth-order valence-electron chi connectivity index (χ4n) is 2.42. The number of hydrogen-bond donors (Lipinski definition) is 1. The minimum absolute atomic E-state index is 0.0981. The Bertz CT molecular complexity index is 637. The van der Waals surface area contributed by atoms with Crippen molar-refractivity contribution in [2.75, 3.05) is 0 Å². The van der Waals surface area contributed by atoms with Crippen molar-refractivity contribution in [3.05, 3.63) is 70.2 Å². The van der Waals surface area contributed by atoms with Crippen LogP contribution in [0.2, 0.25) is 5.02 Å². The molecule has 0 saturated carbocycles. The Kier molecular flexibility index (Phi) is 4.92. The van der Waals surface area contributed by atoms with Crippen LogP contribution in [0.1, 0.15) is 43.4 Å². The maximum atomic E-state index is 11.6. The Morgan fingerprint density at radius 2 is 1.59 bits per heavy atom. The van der Waals surface area contributed by atoms with Gasteiger partial charge in [-0.25, -0.2) is 0 Å². The summed E-state index contributed by atoms with van der Waals surface area (Å²) in [5.74, 6) is -1.38. The molecule has 0 spiro atoms. The molecule has 0 bridgehead atoms. The quantitative estimate of drug-likeness (QED) is 0.857. The van der Waals surface area contributed by atoms with Crippen molar-refractivity contribution in [2.24, 2.45) is 0 Å². The van der Waals surface area contributed by atoms with E-state index in [1.807, 2.05) is 12.1 Å². The van der Waals surface area contributed by atoms with Crippen LogP contribution in [0.4, 0.5) is 0 Å². The fraction of sp³-hybridized carbons (Fsp3) is 0.316. The molecule has 0 radical (unpaired) electrons. The molecule has 1 unspecified atom stereocenters. The van der Waals surface area contributed by atoms with E-state index >= 15 is 0 Å². The Labute approximate surface area is 136 Å². The predicted molar refractivity (Wildman–Crippen MR) is 90.7 cm³/mol. The second-order valence-corrected chi connectivity index (χ2v) is 7.03. The summed E-state index contributed by atoms with van der Waals surface area (Å²) in [6.45, 7) is 6.49. The molecule has 0 aromatic heterocycles. The SMILES string of the molecule is CC(C)(C)c1ccc(CC(C(=O)O)c2ccc(Cl)cc2)cc1. The van der Waals surface area contributed by atoms with Crippen LogP contribution in [-0.4, -0.2) is 11.1 Å². The van der Waals surface area contributed by atoms with E-state index in [9.17, 15) is 9.90 Å². The second-order valence-electron chi connectivity index (χ2n) is 6.59. The van der Waals surface area contributed by atoms with Gasteiger partial charge in [-0.3, -0.25) is 4.79 Å². The molecule has 0 saturated heterocycles. The van der Waals surface area contributed by atoms with Gasteiger partial charge in [0.05, 0.1) is 5.92 Å². The zero-order chi connectivity index (χ0) is 16.3. The van der Waals surface area contributed by atoms with E-state index in [4.69, 9.17) is 11.6 Å². The van der Waals surface area contributed by atoms with Gasteiger partial charge in [0, 0.05) is 5.02 Å². The lowest BCUT2D eigenvalue weighted by Gasteiger charge is -2.20. The largest absolute Gasteiger partial charge is 0.481 e. The first-order chi connectivity index (χ1) is 10.3.